The second-order valence-electron chi connectivity index (χ2n) is 5.95. The Balaban J connectivity index is 0.00000192. The first-order valence-electron chi connectivity index (χ1n) is 7.54. The molecule has 0 aromatic heterocycles. The van der Waals surface area contributed by atoms with Crippen LogP contribution in [0.1, 0.15) is 23.1 Å². The molecule has 0 N–H and O–H groups in total. The van der Waals surface area contributed by atoms with Crippen LogP contribution in [0.5, 0.6) is 0 Å². The van der Waals surface area contributed by atoms with Crippen molar-refractivity contribution in [2.45, 2.75) is 26.7 Å². The van der Waals surface area contributed by atoms with Gasteiger partial charge in [0.2, 0.25) is 11.8 Å². The quantitative estimate of drug-likeness (QED) is 0.766. The maximum Gasteiger partial charge on any atom is 0.237 e. The molecule has 3 rings (SSSR count). The number of rotatable bonds is 3. The molecule has 0 bridgehead atoms. The van der Waals surface area contributed by atoms with Crippen LogP contribution >= 0.6 is 0 Å². The van der Waals surface area contributed by atoms with Gasteiger partial charge in [-0.25, -0.2) is 0 Å². The fourth-order valence-corrected chi connectivity index (χ4v) is 2.97. The summed E-state index contributed by atoms with van der Waals surface area (Å²) in [7, 11) is 0. The predicted octanol–water partition coefficient (Wildman–Crippen LogP) is 0.430. The maximum absolute atomic E-state index is 12.7. The smallest absolute Gasteiger partial charge is 0.237 e. The molecular weight excluding hydrogens is 310 g/mol. The number of carbonyl (C=O) groups excluding carboxylic acids is 2. The second-order valence-corrected chi connectivity index (χ2v) is 5.95. The van der Waals surface area contributed by atoms with Gasteiger partial charge in [0.1, 0.15) is 0 Å². The van der Waals surface area contributed by atoms with Crippen molar-refractivity contribution in [2.75, 3.05) is 4.90 Å². The largest absolute Gasteiger partial charge is 1.00 e. The van der Waals surface area contributed by atoms with Crippen molar-refractivity contribution in [3.05, 3.63) is 65.2 Å². The molecule has 1 aliphatic heterocycles. The molecule has 0 radical (unpaired) electrons. The number of imide groups is 1. The predicted molar refractivity (Wildman–Crippen MR) is 86.7 cm³/mol. The monoisotopic (exact) mass is 328 g/mol. The van der Waals surface area contributed by atoms with E-state index in [1.54, 1.807) is 0 Å². The molecule has 2 aromatic carbocycles. The zero-order chi connectivity index (χ0) is 15.7. The lowest BCUT2D eigenvalue weighted by Gasteiger charge is -2.18. The minimum absolute atomic E-state index is 0. The molecule has 0 aliphatic carbocycles. The third kappa shape index (κ3) is 3.45. The lowest BCUT2D eigenvalue weighted by Crippen LogP contribution is -3.00. The third-order valence-corrected chi connectivity index (χ3v) is 4.17. The van der Waals surface area contributed by atoms with E-state index in [4.69, 9.17) is 0 Å². The van der Waals surface area contributed by atoms with E-state index in [0.717, 1.165) is 22.4 Å². The van der Waals surface area contributed by atoms with Gasteiger partial charge in [0.25, 0.3) is 0 Å². The van der Waals surface area contributed by atoms with Gasteiger partial charge in [0, 0.05) is 6.42 Å². The van der Waals surface area contributed by atoms with Gasteiger partial charge < -0.3 is 12.4 Å². The number of hydrogen-bond acceptors (Lipinski definition) is 2. The van der Waals surface area contributed by atoms with Crippen molar-refractivity contribution < 1.29 is 22.0 Å². The molecule has 23 heavy (non-hydrogen) atoms. The maximum atomic E-state index is 12.7. The topological polar surface area (TPSA) is 37.4 Å². The Morgan fingerprint density at radius 3 is 2.43 bits per heavy atom. The van der Waals surface area contributed by atoms with E-state index in [2.05, 4.69) is 0 Å². The first kappa shape index (κ1) is 17.2. The van der Waals surface area contributed by atoms with Crippen molar-refractivity contribution in [3.63, 3.8) is 0 Å². The van der Waals surface area contributed by atoms with Crippen LogP contribution in [0.25, 0.3) is 0 Å². The Morgan fingerprint density at radius 2 is 1.74 bits per heavy atom. The second kappa shape index (κ2) is 6.97. The summed E-state index contributed by atoms with van der Waals surface area (Å²) < 4.78 is 0. The van der Waals surface area contributed by atoms with Crippen LogP contribution in [0.2, 0.25) is 0 Å². The van der Waals surface area contributed by atoms with Crippen LogP contribution in [-0.2, 0) is 16.0 Å². The zero-order valence-corrected chi connectivity index (χ0v) is 14.0. The molecule has 1 fully saturated rings. The molecule has 3 nitrogen and oxygen atoms in total. The van der Waals surface area contributed by atoms with Crippen molar-refractivity contribution in [3.8, 4) is 0 Å². The molecule has 0 saturated carbocycles. The third-order valence-electron chi connectivity index (χ3n) is 4.17. The van der Waals surface area contributed by atoms with Gasteiger partial charge in [-0.2, -0.15) is 0 Å². The van der Waals surface area contributed by atoms with Crippen molar-refractivity contribution in [1.29, 1.82) is 0 Å². The standard InChI is InChI=1S/C19H19NO2.ClH/c1-13-8-9-14(2)17(10-13)20-18(21)12-16(19(20)22)11-15-6-4-3-5-7-15;/h3-10,16H,11-12H2,1-2H3;1H/p-1. The Labute approximate surface area is 142 Å². The number of amides is 2. The number of anilines is 1. The molecule has 2 aromatic rings. The van der Waals surface area contributed by atoms with E-state index in [1.165, 1.54) is 4.90 Å². The number of aryl methyl sites for hydroxylation is 2. The van der Waals surface area contributed by atoms with Crippen molar-refractivity contribution in [2.24, 2.45) is 5.92 Å². The summed E-state index contributed by atoms with van der Waals surface area (Å²) >= 11 is 0. The van der Waals surface area contributed by atoms with Gasteiger partial charge in [0.05, 0.1) is 11.6 Å². The van der Waals surface area contributed by atoms with Gasteiger partial charge >= 0.3 is 0 Å². The van der Waals surface area contributed by atoms with E-state index >= 15 is 0 Å². The minimum atomic E-state index is -0.255. The summed E-state index contributed by atoms with van der Waals surface area (Å²) in [5, 5.41) is 0. The number of carbonyl (C=O) groups is 2. The Kier molecular flexibility index (Phi) is 5.22. The Bertz CT molecular complexity index is 727. The molecule has 2 amide bonds. The average Bonchev–Trinajstić information content (AvgIpc) is 2.77. The molecular formula is C19H19ClNO2-. The van der Waals surface area contributed by atoms with Gasteiger partial charge in [-0.05, 0) is 43.0 Å². The number of hydrogen-bond donors (Lipinski definition) is 0. The van der Waals surface area contributed by atoms with Gasteiger partial charge in [-0.3, -0.25) is 14.5 Å². The van der Waals surface area contributed by atoms with Crippen LogP contribution in [-0.4, -0.2) is 11.8 Å². The molecule has 4 heteroatoms. The fraction of sp³-hybridized carbons (Fsp3) is 0.263. The highest BCUT2D eigenvalue weighted by molar-refractivity contribution is 6.21. The van der Waals surface area contributed by atoms with Gasteiger partial charge in [-0.1, -0.05) is 42.5 Å². The van der Waals surface area contributed by atoms with Gasteiger partial charge in [0.15, 0.2) is 0 Å². The molecule has 1 unspecified atom stereocenters. The zero-order valence-electron chi connectivity index (χ0n) is 13.3. The minimum Gasteiger partial charge on any atom is -1.00 e. The van der Waals surface area contributed by atoms with Crippen LogP contribution < -0.4 is 17.3 Å². The number of nitrogens with zero attached hydrogens (tertiary/aromatic N) is 1. The molecule has 1 aliphatic rings. The summed E-state index contributed by atoms with van der Waals surface area (Å²) in [6, 6.07) is 15.7. The van der Waals surface area contributed by atoms with Crippen LogP contribution in [0, 0.1) is 19.8 Å². The highest BCUT2D eigenvalue weighted by Crippen LogP contribution is 2.31. The average molecular weight is 329 g/mol. The molecule has 120 valence electrons. The van der Waals surface area contributed by atoms with E-state index in [9.17, 15) is 9.59 Å². The Hall–Kier alpha value is -2.13. The summed E-state index contributed by atoms with van der Waals surface area (Å²) in [5.41, 5.74) is 3.82. The first-order valence-corrected chi connectivity index (χ1v) is 7.54. The van der Waals surface area contributed by atoms with E-state index in [-0.39, 0.29) is 30.1 Å². The molecule has 1 heterocycles. The van der Waals surface area contributed by atoms with E-state index in [0.29, 0.717) is 12.8 Å². The summed E-state index contributed by atoms with van der Waals surface area (Å²) in [6.45, 7) is 3.90. The van der Waals surface area contributed by atoms with Crippen molar-refractivity contribution >= 4 is 17.5 Å². The summed E-state index contributed by atoms with van der Waals surface area (Å²) in [4.78, 5) is 26.4. The first-order chi connectivity index (χ1) is 10.6. The Morgan fingerprint density at radius 1 is 1.04 bits per heavy atom. The highest BCUT2D eigenvalue weighted by atomic mass is 35.5. The van der Waals surface area contributed by atoms with Crippen molar-refractivity contribution in [1.82, 2.24) is 0 Å². The number of halogens is 1. The highest BCUT2D eigenvalue weighted by Gasteiger charge is 2.39. The molecule has 1 atom stereocenters. The summed E-state index contributed by atoms with van der Waals surface area (Å²) in [6.07, 6.45) is 0.911. The molecule has 0 spiro atoms. The van der Waals surface area contributed by atoms with Crippen LogP contribution in [0.3, 0.4) is 0 Å². The van der Waals surface area contributed by atoms with Crippen LogP contribution in [0.15, 0.2) is 48.5 Å². The van der Waals surface area contributed by atoms with E-state index < -0.39 is 0 Å². The fourth-order valence-electron chi connectivity index (χ4n) is 2.97. The SMILES string of the molecule is Cc1ccc(C)c(N2C(=O)CC(Cc3ccccc3)C2=O)c1.[Cl-]. The normalized spacial score (nSPS) is 17.3. The summed E-state index contributed by atoms with van der Waals surface area (Å²) in [5.74, 6) is -0.433. The lowest BCUT2D eigenvalue weighted by molar-refractivity contribution is -0.122. The number of benzene rings is 2. The molecule has 1 saturated heterocycles. The lowest BCUT2D eigenvalue weighted by atomic mass is 9.98. The van der Waals surface area contributed by atoms with Crippen LogP contribution in [0.4, 0.5) is 5.69 Å². The van der Waals surface area contributed by atoms with Gasteiger partial charge in [-0.15, -0.1) is 0 Å². The van der Waals surface area contributed by atoms with E-state index in [1.807, 2.05) is 62.4 Å².